The molecule has 0 saturated carbocycles. The van der Waals surface area contributed by atoms with Gasteiger partial charge in [-0.3, -0.25) is 9.80 Å². The number of nitrogens with one attached hydrogen (secondary N) is 1. The third-order valence-electron chi connectivity index (χ3n) is 4.52. The maximum atomic E-state index is 9.61. The van der Waals surface area contributed by atoms with Gasteiger partial charge in [-0.05, 0) is 40.3 Å². The number of rotatable bonds is 7. The molecular formula is C15H33N3O. The monoisotopic (exact) mass is 271 g/mol. The molecule has 1 aliphatic rings. The molecule has 0 aliphatic carbocycles. The maximum absolute atomic E-state index is 9.61. The number of likely N-dealkylation sites (N-methyl/N-ethyl adjacent to an activating group) is 2. The van der Waals surface area contributed by atoms with Crippen LogP contribution in [-0.2, 0) is 0 Å². The van der Waals surface area contributed by atoms with Gasteiger partial charge in [-0.15, -0.1) is 0 Å². The third-order valence-corrected chi connectivity index (χ3v) is 4.52. The van der Waals surface area contributed by atoms with Crippen molar-refractivity contribution in [3.05, 3.63) is 0 Å². The quantitative estimate of drug-likeness (QED) is 0.729. The van der Waals surface area contributed by atoms with Gasteiger partial charge in [0, 0.05) is 37.3 Å². The van der Waals surface area contributed by atoms with Crippen LogP contribution in [0.2, 0.25) is 0 Å². The standard InChI is InChI=1S/C15H33N3O/c1-6-16-15(5,12-19)10-13(3)18-9-8-17(7-2)14(4)11-18/h13-14,16,19H,6-12H2,1-5H3. The average Bonchev–Trinajstić information content (AvgIpc) is 2.38. The van der Waals surface area contributed by atoms with Crippen LogP contribution in [-0.4, -0.2) is 71.9 Å². The molecule has 0 aromatic heterocycles. The second-order valence-electron chi connectivity index (χ2n) is 6.27. The Kier molecular flexibility index (Phi) is 6.74. The Bertz CT molecular complexity index is 262. The Morgan fingerprint density at radius 3 is 2.53 bits per heavy atom. The second kappa shape index (κ2) is 7.58. The van der Waals surface area contributed by atoms with E-state index in [0.717, 1.165) is 32.6 Å². The van der Waals surface area contributed by atoms with Gasteiger partial charge in [-0.2, -0.15) is 0 Å². The van der Waals surface area contributed by atoms with E-state index in [2.05, 4.69) is 49.7 Å². The first-order chi connectivity index (χ1) is 8.95. The Labute approximate surface area is 119 Å². The Hall–Kier alpha value is -0.160. The molecule has 0 aromatic carbocycles. The van der Waals surface area contributed by atoms with E-state index in [1.54, 1.807) is 0 Å². The summed E-state index contributed by atoms with van der Waals surface area (Å²) in [5.74, 6) is 0. The molecule has 1 rings (SSSR count). The van der Waals surface area contributed by atoms with Gasteiger partial charge < -0.3 is 10.4 Å². The van der Waals surface area contributed by atoms with Gasteiger partial charge in [0.1, 0.15) is 0 Å². The highest BCUT2D eigenvalue weighted by molar-refractivity contribution is 4.89. The first kappa shape index (κ1) is 16.9. The number of aliphatic hydroxyl groups excluding tert-OH is 1. The predicted molar refractivity (Wildman–Crippen MR) is 81.5 cm³/mol. The summed E-state index contributed by atoms with van der Waals surface area (Å²) in [6.07, 6.45) is 0.996. The summed E-state index contributed by atoms with van der Waals surface area (Å²) in [5.41, 5.74) is -0.153. The molecule has 3 unspecified atom stereocenters. The van der Waals surface area contributed by atoms with Crippen LogP contribution in [0.1, 0.15) is 41.0 Å². The van der Waals surface area contributed by atoms with Crippen LogP contribution < -0.4 is 5.32 Å². The molecule has 3 atom stereocenters. The lowest BCUT2D eigenvalue weighted by atomic mass is 9.93. The second-order valence-corrected chi connectivity index (χ2v) is 6.27. The Balaban J connectivity index is 2.52. The van der Waals surface area contributed by atoms with Crippen molar-refractivity contribution in [1.29, 1.82) is 0 Å². The SMILES string of the molecule is CCNC(C)(CO)CC(C)N1CCN(CC)C(C)C1. The van der Waals surface area contributed by atoms with Crippen molar-refractivity contribution in [1.82, 2.24) is 15.1 Å². The minimum Gasteiger partial charge on any atom is -0.394 e. The van der Waals surface area contributed by atoms with E-state index in [-0.39, 0.29) is 12.1 Å². The van der Waals surface area contributed by atoms with Crippen molar-refractivity contribution in [3.63, 3.8) is 0 Å². The largest absolute Gasteiger partial charge is 0.394 e. The van der Waals surface area contributed by atoms with Crippen LogP contribution >= 0.6 is 0 Å². The van der Waals surface area contributed by atoms with E-state index in [0.29, 0.717) is 12.1 Å². The summed E-state index contributed by atoms with van der Waals surface area (Å²) >= 11 is 0. The summed E-state index contributed by atoms with van der Waals surface area (Å²) in [6.45, 7) is 16.8. The molecule has 0 aromatic rings. The lowest BCUT2D eigenvalue weighted by Crippen LogP contribution is -2.57. The number of piperazine rings is 1. The molecule has 1 saturated heterocycles. The Morgan fingerprint density at radius 2 is 2.05 bits per heavy atom. The summed E-state index contributed by atoms with van der Waals surface area (Å²) in [6, 6.07) is 1.15. The summed E-state index contributed by atoms with van der Waals surface area (Å²) in [7, 11) is 0. The van der Waals surface area contributed by atoms with Gasteiger partial charge in [0.25, 0.3) is 0 Å². The molecule has 114 valence electrons. The molecule has 1 aliphatic heterocycles. The van der Waals surface area contributed by atoms with Gasteiger partial charge in [0.2, 0.25) is 0 Å². The van der Waals surface area contributed by atoms with Crippen molar-refractivity contribution in [3.8, 4) is 0 Å². The highest BCUT2D eigenvalue weighted by atomic mass is 16.3. The molecule has 19 heavy (non-hydrogen) atoms. The zero-order valence-corrected chi connectivity index (χ0v) is 13.4. The van der Waals surface area contributed by atoms with E-state index < -0.39 is 0 Å². The van der Waals surface area contributed by atoms with Gasteiger partial charge in [0.05, 0.1) is 6.61 Å². The molecular weight excluding hydrogens is 238 g/mol. The zero-order chi connectivity index (χ0) is 14.5. The van der Waals surface area contributed by atoms with Gasteiger partial charge in [-0.1, -0.05) is 13.8 Å². The Morgan fingerprint density at radius 1 is 1.37 bits per heavy atom. The molecule has 4 nitrogen and oxygen atoms in total. The summed E-state index contributed by atoms with van der Waals surface area (Å²) < 4.78 is 0. The highest BCUT2D eigenvalue weighted by Crippen LogP contribution is 2.19. The summed E-state index contributed by atoms with van der Waals surface area (Å²) in [5, 5.41) is 13.0. The molecule has 0 amide bonds. The summed E-state index contributed by atoms with van der Waals surface area (Å²) in [4.78, 5) is 5.11. The molecule has 1 fully saturated rings. The van der Waals surface area contributed by atoms with E-state index in [1.165, 1.54) is 6.54 Å². The zero-order valence-electron chi connectivity index (χ0n) is 13.4. The molecule has 2 N–H and O–H groups in total. The fraction of sp³-hybridized carbons (Fsp3) is 1.00. The lowest BCUT2D eigenvalue weighted by Gasteiger charge is -2.44. The van der Waals surface area contributed by atoms with Crippen molar-refractivity contribution >= 4 is 0 Å². The highest BCUT2D eigenvalue weighted by Gasteiger charge is 2.30. The fourth-order valence-corrected chi connectivity index (χ4v) is 3.29. The topological polar surface area (TPSA) is 38.7 Å². The molecule has 0 spiro atoms. The van der Waals surface area contributed by atoms with E-state index in [4.69, 9.17) is 0 Å². The van der Waals surface area contributed by atoms with E-state index in [1.807, 2.05) is 0 Å². The van der Waals surface area contributed by atoms with Crippen LogP contribution in [0.5, 0.6) is 0 Å². The normalized spacial score (nSPS) is 27.2. The third kappa shape index (κ3) is 4.71. The molecule has 1 heterocycles. The van der Waals surface area contributed by atoms with Crippen LogP contribution in [0.3, 0.4) is 0 Å². The number of hydrogen-bond donors (Lipinski definition) is 2. The number of hydrogen-bond acceptors (Lipinski definition) is 4. The lowest BCUT2D eigenvalue weighted by molar-refractivity contribution is 0.0448. The minimum atomic E-state index is -0.153. The van der Waals surface area contributed by atoms with Crippen molar-refractivity contribution in [2.45, 2.75) is 58.7 Å². The minimum absolute atomic E-state index is 0.153. The molecule has 4 heteroatoms. The van der Waals surface area contributed by atoms with E-state index >= 15 is 0 Å². The first-order valence-corrected chi connectivity index (χ1v) is 7.79. The average molecular weight is 271 g/mol. The fourth-order valence-electron chi connectivity index (χ4n) is 3.29. The van der Waals surface area contributed by atoms with Crippen LogP contribution in [0, 0.1) is 0 Å². The number of aliphatic hydroxyl groups is 1. The first-order valence-electron chi connectivity index (χ1n) is 7.79. The van der Waals surface area contributed by atoms with Crippen molar-refractivity contribution in [2.75, 3.05) is 39.3 Å². The molecule has 0 radical (unpaired) electrons. The van der Waals surface area contributed by atoms with Gasteiger partial charge in [-0.25, -0.2) is 0 Å². The van der Waals surface area contributed by atoms with Crippen LogP contribution in [0.25, 0.3) is 0 Å². The van der Waals surface area contributed by atoms with E-state index in [9.17, 15) is 5.11 Å². The van der Waals surface area contributed by atoms with Gasteiger partial charge >= 0.3 is 0 Å². The van der Waals surface area contributed by atoms with Crippen LogP contribution in [0.15, 0.2) is 0 Å². The van der Waals surface area contributed by atoms with Crippen molar-refractivity contribution in [2.24, 2.45) is 0 Å². The van der Waals surface area contributed by atoms with Crippen LogP contribution in [0.4, 0.5) is 0 Å². The van der Waals surface area contributed by atoms with Gasteiger partial charge in [0.15, 0.2) is 0 Å². The number of nitrogens with zero attached hydrogens (tertiary/aromatic N) is 2. The maximum Gasteiger partial charge on any atom is 0.0611 e. The smallest absolute Gasteiger partial charge is 0.0611 e. The predicted octanol–water partition coefficient (Wildman–Crippen LogP) is 1.15. The molecule has 0 bridgehead atoms. The van der Waals surface area contributed by atoms with Crippen molar-refractivity contribution < 1.29 is 5.11 Å².